The van der Waals surface area contributed by atoms with E-state index in [9.17, 15) is 0 Å². The van der Waals surface area contributed by atoms with Crippen LogP contribution in [0.5, 0.6) is 0 Å². The van der Waals surface area contributed by atoms with Gasteiger partial charge in [-0.3, -0.25) is 0 Å². The summed E-state index contributed by atoms with van der Waals surface area (Å²) in [6, 6.07) is 19.7. The Bertz CT molecular complexity index is 552. The summed E-state index contributed by atoms with van der Waals surface area (Å²) < 4.78 is 0. The molecule has 2 rings (SSSR count). The summed E-state index contributed by atoms with van der Waals surface area (Å²) in [5.41, 5.74) is 4.32. The molecule has 0 bridgehead atoms. The minimum absolute atomic E-state index is 0.152. The first-order valence-corrected chi connectivity index (χ1v) is 7.79. The maximum absolute atomic E-state index is 3.66. The van der Waals surface area contributed by atoms with Gasteiger partial charge in [0, 0.05) is 18.0 Å². The van der Waals surface area contributed by atoms with E-state index in [0.717, 1.165) is 13.0 Å². The van der Waals surface area contributed by atoms with Gasteiger partial charge in [0.05, 0.1) is 0 Å². The van der Waals surface area contributed by atoms with Gasteiger partial charge >= 0.3 is 0 Å². The molecule has 21 heavy (non-hydrogen) atoms. The third-order valence-electron chi connectivity index (χ3n) is 3.71. The topological polar surface area (TPSA) is 12.0 Å². The van der Waals surface area contributed by atoms with Gasteiger partial charge < -0.3 is 5.32 Å². The smallest absolute Gasteiger partial charge is 0.00967 e. The van der Waals surface area contributed by atoms with Gasteiger partial charge in [-0.1, -0.05) is 60.2 Å². The van der Waals surface area contributed by atoms with Crippen LogP contribution in [0.4, 0.5) is 0 Å². The van der Waals surface area contributed by atoms with Crippen molar-refractivity contribution in [1.82, 2.24) is 5.32 Å². The van der Waals surface area contributed by atoms with Crippen LogP contribution in [0.3, 0.4) is 0 Å². The van der Waals surface area contributed by atoms with E-state index in [2.05, 4.69) is 87.6 Å². The van der Waals surface area contributed by atoms with Crippen molar-refractivity contribution in [2.45, 2.75) is 45.6 Å². The lowest BCUT2D eigenvalue weighted by molar-refractivity contribution is 0.405. The highest BCUT2D eigenvalue weighted by molar-refractivity contribution is 5.27. The van der Waals surface area contributed by atoms with Crippen LogP contribution in [0.25, 0.3) is 0 Å². The summed E-state index contributed by atoms with van der Waals surface area (Å²) in [7, 11) is 0. The number of nitrogens with one attached hydrogen (secondary N) is 1. The summed E-state index contributed by atoms with van der Waals surface area (Å²) in [6.45, 7) is 9.83. The average molecular weight is 281 g/mol. The fraction of sp³-hybridized carbons (Fsp3) is 0.400. The summed E-state index contributed by atoms with van der Waals surface area (Å²) in [6.07, 6.45) is 1.08. The molecule has 0 amide bonds. The zero-order valence-corrected chi connectivity index (χ0v) is 13.7. The van der Waals surface area contributed by atoms with Crippen molar-refractivity contribution in [1.29, 1.82) is 0 Å². The highest BCUT2D eigenvalue weighted by Gasteiger charge is 2.16. The minimum Gasteiger partial charge on any atom is -0.311 e. The first kappa shape index (κ1) is 15.8. The second-order valence-electron chi connectivity index (χ2n) is 6.93. The second kappa shape index (κ2) is 6.91. The normalized spacial score (nSPS) is 13.1. The van der Waals surface area contributed by atoms with Gasteiger partial charge in [0.2, 0.25) is 0 Å². The summed E-state index contributed by atoms with van der Waals surface area (Å²) in [5.74, 6) is 0.507. The van der Waals surface area contributed by atoms with Crippen LogP contribution >= 0.6 is 0 Å². The maximum Gasteiger partial charge on any atom is 0.00967 e. The first-order chi connectivity index (χ1) is 9.94. The van der Waals surface area contributed by atoms with Crippen LogP contribution in [0.2, 0.25) is 0 Å². The van der Waals surface area contributed by atoms with E-state index in [1.807, 2.05) is 0 Å². The first-order valence-electron chi connectivity index (χ1n) is 7.79. The van der Waals surface area contributed by atoms with Crippen LogP contribution in [-0.4, -0.2) is 12.1 Å². The molecule has 1 unspecified atom stereocenters. The highest BCUT2D eigenvalue weighted by Crippen LogP contribution is 2.21. The minimum atomic E-state index is 0.152. The second-order valence-corrected chi connectivity index (χ2v) is 6.93. The molecule has 2 aromatic rings. The van der Waals surface area contributed by atoms with Crippen molar-refractivity contribution in [3.8, 4) is 0 Å². The Morgan fingerprint density at radius 3 is 2.29 bits per heavy atom. The molecule has 0 radical (unpaired) electrons. The summed E-state index contributed by atoms with van der Waals surface area (Å²) >= 11 is 0. The van der Waals surface area contributed by atoms with Crippen molar-refractivity contribution in [2.24, 2.45) is 0 Å². The fourth-order valence-electron chi connectivity index (χ4n) is 2.59. The lowest BCUT2D eigenvalue weighted by Crippen LogP contribution is -2.39. The Morgan fingerprint density at radius 2 is 1.67 bits per heavy atom. The summed E-state index contributed by atoms with van der Waals surface area (Å²) in [4.78, 5) is 0. The standard InChI is InChI=1S/C20H27N/c1-16-9-8-10-17(13-16)14-19(15-21-20(2,3)4)18-11-6-5-7-12-18/h5-13,19,21H,14-15H2,1-4H3. The van der Waals surface area contributed by atoms with Crippen LogP contribution in [0.15, 0.2) is 54.6 Å². The van der Waals surface area contributed by atoms with E-state index in [1.54, 1.807) is 0 Å². The molecule has 0 aliphatic carbocycles. The van der Waals surface area contributed by atoms with Crippen LogP contribution < -0.4 is 5.32 Å². The van der Waals surface area contributed by atoms with E-state index >= 15 is 0 Å². The Balaban J connectivity index is 2.16. The van der Waals surface area contributed by atoms with Gasteiger partial charge in [-0.15, -0.1) is 0 Å². The summed E-state index contributed by atoms with van der Waals surface area (Å²) in [5, 5.41) is 3.66. The molecule has 0 fully saturated rings. The lowest BCUT2D eigenvalue weighted by Gasteiger charge is -2.26. The SMILES string of the molecule is Cc1cccc(CC(CNC(C)(C)C)c2ccccc2)c1. The third-order valence-corrected chi connectivity index (χ3v) is 3.71. The largest absolute Gasteiger partial charge is 0.311 e. The number of aryl methyl sites for hydroxylation is 1. The molecule has 0 aliphatic rings. The molecule has 2 aromatic carbocycles. The molecule has 0 heterocycles. The molecule has 112 valence electrons. The fourth-order valence-corrected chi connectivity index (χ4v) is 2.59. The van der Waals surface area contributed by atoms with Crippen molar-refractivity contribution < 1.29 is 0 Å². The molecule has 0 spiro atoms. The molecule has 0 aromatic heterocycles. The molecule has 1 nitrogen and oxygen atoms in total. The Labute approximate surface area is 129 Å². The van der Waals surface area contributed by atoms with Gasteiger partial charge in [-0.05, 0) is 45.2 Å². The predicted octanol–water partition coefficient (Wildman–Crippen LogP) is 4.71. The lowest BCUT2D eigenvalue weighted by atomic mass is 9.90. The molecule has 1 atom stereocenters. The van der Waals surface area contributed by atoms with Crippen LogP contribution in [0.1, 0.15) is 43.4 Å². The third kappa shape index (κ3) is 5.35. The van der Waals surface area contributed by atoms with Gasteiger partial charge in [0.15, 0.2) is 0 Å². The molecule has 1 heteroatoms. The number of hydrogen-bond donors (Lipinski definition) is 1. The van der Waals surface area contributed by atoms with Crippen molar-refractivity contribution >= 4 is 0 Å². The van der Waals surface area contributed by atoms with Crippen molar-refractivity contribution in [2.75, 3.05) is 6.54 Å². The number of rotatable bonds is 5. The van der Waals surface area contributed by atoms with Crippen LogP contribution in [0, 0.1) is 6.92 Å². The van der Waals surface area contributed by atoms with Gasteiger partial charge in [0.1, 0.15) is 0 Å². The molecular weight excluding hydrogens is 254 g/mol. The zero-order chi connectivity index (χ0) is 15.3. The molecule has 0 saturated heterocycles. The quantitative estimate of drug-likeness (QED) is 0.837. The van der Waals surface area contributed by atoms with E-state index in [-0.39, 0.29) is 5.54 Å². The van der Waals surface area contributed by atoms with E-state index < -0.39 is 0 Å². The van der Waals surface area contributed by atoms with Gasteiger partial charge in [-0.2, -0.15) is 0 Å². The van der Waals surface area contributed by atoms with Crippen molar-refractivity contribution in [3.63, 3.8) is 0 Å². The Morgan fingerprint density at radius 1 is 0.952 bits per heavy atom. The number of hydrogen-bond acceptors (Lipinski definition) is 1. The van der Waals surface area contributed by atoms with E-state index in [1.165, 1.54) is 16.7 Å². The Kier molecular flexibility index (Phi) is 5.19. The maximum atomic E-state index is 3.66. The van der Waals surface area contributed by atoms with E-state index in [0.29, 0.717) is 5.92 Å². The van der Waals surface area contributed by atoms with Crippen LogP contribution in [-0.2, 0) is 6.42 Å². The highest BCUT2D eigenvalue weighted by atomic mass is 14.9. The monoisotopic (exact) mass is 281 g/mol. The van der Waals surface area contributed by atoms with Gasteiger partial charge in [0.25, 0.3) is 0 Å². The molecule has 0 aliphatic heterocycles. The van der Waals surface area contributed by atoms with E-state index in [4.69, 9.17) is 0 Å². The zero-order valence-electron chi connectivity index (χ0n) is 13.7. The molecule has 0 saturated carbocycles. The Hall–Kier alpha value is -1.60. The molecule has 1 N–H and O–H groups in total. The number of benzene rings is 2. The predicted molar refractivity (Wildman–Crippen MR) is 91.8 cm³/mol. The average Bonchev–Trinajstić information content (AvgIpc) is 2.43. The van der Waals surface area contributed by atoms with Crippen molar-refractivity contribution in [3.05, 3.63) is 71.3 Å². The van der Waals surface area contributed by atoms with Gasteiger partial charge in [-0.25, -0.2) is 0 Å². The molecular formula is C20H27N.